The summed E-state index contributed by atoms with van der Waals surface area (Å²) in [6.45, 7) is 0. The molecule has 0 unspecified atom stereocenters. The van der Waals surface area contributed by atoms with E-state index in [-0.39, 0.29) is 5.39 Å². The molecule has 0 saturated heterocycles. The van der Waals surface area contributed by atoms with Gasteiger partial charge in [-0.05, 0) is 55.5 Å². The lowest BCUT2D eigenvalue weighted by atomic mass is 9.85. The first-order valence-electron chi connectivity index (χ1n) is 21.9. The molecule has 172 valence electrons. The Bertz CT molecular complexity index is 3270. The van der Waals surface area contributed by atoms with E-state index in [0.29, 0.717) is 0 Å². The van der Waals surface area contributed by atoms with Crippen molar-refractivity contribution in [1.82, 2.24) is 0 Å². The minimum atomic E-state index is -0.909. The van der Waals surface area contributed by atoms with Crippen LogP contribution in [0.2, 0.25) is 0 Å². The number of furan rings is 1. The molecular weight excluding hydrogens is 448 g/mol. The Balaban J connectivity index is 1.79. The van der Waals surface area contributed by atoms with Crippen LogP contribution in [0.1, 0.15) is 30.2 Å². The Kier molecular flexibility index (Phi) is 1.76. The molecule has 0 amide bonds. The normalized spacial score (nSPS) is 20.1. The van der Waals surface area contributed by atoms with E-state index in [1.807, 2.05) is 0 Å². The summed E-state index contributed by atoms with van der Waals surface area (Å²) in [6, 6.07) is -18.3. The van der Waals surface area contributed by atoms with Gasteiger partial charge in [0.25, 0.3) is 0 Å². The topological polar surface area (TPSA) is 13.1 Å². The van der Waals surface area contributed by atoms with Gasteiger partial charge in [0.05, 0.1) is 30.2 Å². The highest BCUT2D eigenvalue weighted by atomic mass is 16.3. The molecule has 1 heteroatoms. The van der Waals surface area contributed by atoms with Crippen molar-refractivity contribution in [1.29, 1.82) is 0 Å². The maximum Gasteiger partial charge on any atom is 0.143 e. The standard InChI is InChI=1S/C36H22O/c1-2-11-24-22-25(21-20-23(24)10-1)34-27-13-3-5-15-29(27)35(30-16-6-4-14-28(30)34)32-18-9-17-31-26-12-7-8-19-33(26)37-36(31)32/h1-22H/i1D,2D,3D,4D,5D,6D,7D,8D,9D,10D,11D,12D,13D,14D,15D,16D,17D,18D,19D,20D,21D,22D. The van der Waals surface area contributed by atoms with Crippen LogP contribution in [-0.4, -0.2) is 0 Å². The molecule has 0 N–H and O–H groups in total. The van der Waals surface area contributed by atoms with Crippen molar-refractivity contribution >= 4 is 54.3 Å². The van der Waals surface area contributed by atoms with E-state index < -0.39 is 204 Å². The van der Waals surface area contributed by atoms with Crippen LogP contribution in [0.25, 0.3) is 76.5 Å². The first-order chi connectivity index (χ1) is 27.5. The summed E-state index contributed by atoms with van der Waals surface area (Å²) >= 11 is 0. The Labute approximate surface area is 245 Å². The Morgan fingerprint density at radius 2 is 1.00 bits per heavy atom. The summed E-state index contributed by atoms with van der Waals surface area (Å²) in [5.41, 5.74) is -3.58. The maximum absolute atomic E-state index is 9.37. The van der Waals surface area contributed by atoms with Gasteiger partial charge in [0.2, 0.25) is 0 Å². The van der Waals surface area contributed by atoms with Gasteiger partial charge < -0.3 is 4.42 Å². The molecule has 0 spiro atoms. The van der Waals surface area contributed by atoms with E-state index in [0.717, 1.165) is 0 Å². The van der Waals surface area contributed by atoms with Crippen molar-refractivity contribution in [3.8, 4) is 22.3 Å². The Hall–Kier alpha value is -4.88. The van der Waals surface area contributed by atoms with E-state index in [4.69, 9.17) is 25.0 Å². The summed E-state index contributed by atoms with van der Waals surface area (Å²) in [6.07, 6.45) is 0. The van der Waals surface area contributed by atoms with E-state index in [2.05, 4.69) is 0 Å². The van der Waals surface area contributed by atoms with Gasteiger partial charge in [0.15, 0.2) is 0 Å². The molecule has 1 heterocycles. The highest BCUT2D eigenvalue weighted by molar-refractivity contribution is 6.24. The summed E-state index contributed by atoms with van der Waals surface area (Å²) in [5, 5.41) is -4.37. The van der Waals surface area contributed by atoms with Gasteiger partial charge in [-0.15, -0.1) is 0 Å². The van der Waals surface area contributed by atoms with Gasteiger partial charge in [-0.3, -0.25) is 0 Å². The van der Waals surface area contributed by atoms with Crippen LogP contribution >= 0.6 is 0 Å². The molecule has 0 fully saturated rings. The van der Waals surface area contributed by atoms with Crippen LogP contribution in [0, 0.1) is 0 Å². The van der Waals surface area contributed by atoms with Gasteiger partial charge in [0.1, 0.15) is 11.2 Å². The fourth-order valence-corrected chi connectivity index (χ4v) is 4.54. The van der Waals surface area contributed by atoms with E-state index in [9.17, 15) is 9.60 Å². The van der Waals surface area contributed by atoms with Crippen LogP contribution in [0.5, 0.6) is 0 Å². The molecule has 0 bridgehead atoms. The fraction of sp³-hybridized carbons (Fsp3) is 0. The SMILES string of the molecule is [2H]c1c([2H])c([2H])c2c(oc3c(-c4c5c([2H])c([2H])c([2H])c([2H])c5c(-c5c([2H])c([2H])c6c([2H])c([2H])c([2H])c([2H])c6c5[2H])c5c([2H])c([2H])c([2H])c([2H])c45)c([2H])c([2H])c([2H])c32)c1[2H]. The van der Waals surface area contributed by atoms with Gasteiger partial charge in [-0.25, -0.2) is 0 Å². The lowest BCUT2D eigenvalue weighted by Crippen LogP contribution is -1.91. The molecular formula is C36H22O. The number of para-hydroxylation sites is 2. The second-order valence-corrected chi connectivity index (χ2v) is 8.01. The molecule has 8 aromatic rings. The second kappa shape index (κ2) is 7.81. The Morgan fingerprint density at radius 3 is 1.73 bits per heavy atom. The van der Waals surface area contributed by atoms with Crippen molar-refractivity contribution in [2.24, 2.45) is 0 Å². The monoisotopic (exact) mass is 492 g/mol. The van der Waals surface area contributed by atoms with E-state index >= 15 is 0 Å². The fourth-order valence-electron chi connectivity index (χ4n) is 4.54. The number of fused-ring (bicyclic) bond motifs is 6. The second-order valence-electron chi connectivity index (χ2n) is 8.01. The molecule has 8 rings (SSSR count). The zero-order chi connectivity index (χ0) is 43.5. The van der Waals surface area contributed by atoms with Crippen LogP contribution in [0.4, 0.5) is 0 Å². The van der Waals surface area contributed by atoms with Crippen molar-refractivity contribution in [3.05, 3.63) is 133 Å². The smallest absolute Gasteiger partial charge is 0.143 e. The first kappa shape index (κ1) is 8.33. The minimum absolute atomic E-state index is 0.374. The van der Waals surface area contributed by atoms with Gasteiger partial charge >= 0.3 is 0 Å². The first-order valence-corrected chi connectivity index (χ1v) is 10.9. The molecule has 0 atom stereocenters. The van der Waals surface area contributed by atoms with Crippen LogP contribution in [0.15, 0.2) is 137 Å². The summed E-state index contributed by atoms with van der Waals surface area (Å²) in [7, 11) is 0. The molecule has 0 aliphatic carbocycles. The molecule has 1 nitrogen and oxygen atoms in total. The zero-order valence-corrected chi connectivity index (χ0v) is 18.4. The minimum Gasteiger partial charge on any atom is -0.455 e. The maximum atomic E-state index is 9.37. The van der Waals surface area contributed by atoms with Crippen molar-refractivity contribution in [3.63, 3.8) is 0 Å². The van der Waals surface area contributed by atoms with Crippen LogP contribution in [0.3, 0.4) is 0 Å². The third-order valence-electron chi connectivity index (χ3n) is 6.06. The summed E-state index contributed by atoms with van der Waals surface area (Å²) in [4.78, 5) is 0. The zero-order valence-electron chi connectivity index (χ0n) is 40.4. The highest BCUT2D eigenvalue weighted by Crippen LogP contribution is 2.46. The number of hydrogen-bond donors (Lipinski definition) is 0. The van der Waals surface area contributed by atoms with Crippen molar-refractivity contribution < 1.29 is 34.6 Å². The number of benzene rings is 7. The highest BCUT2D eigenvalue weighted by Gasteiger charge is 2.20. The molecule has 0 aliphatic rings. The molecule has 37 heavy (non-hydrogen) atoms. The lowest BCUT2D eigenvalue weighted by Gasteiger charge is -2.18. The third kappa shape index (κ3) is 2.98. The lowest BCUT2D eigenvalue weighted by molar-refractivity contribution is 0.670. The van der Waals surface area contributed by atoms with E-state index in [1.54, 1.807) is 0 Å². The van der Waals surface area contributed by atoms with Crippen LogP contribution in [-0.2, 0) is 0 Å². The van der Waals surface area contributed by atoms with Crippen molar-refractivity contribution in [2.75, 3.05) is 0 Å². The average Bonchev–Trinajstić information content (AvgIpc) is 3.61. The third-order valence-corrected chi connectivity index (χ3v) is 6.06. The van der Waals surface area contributed by atoms with Gasteiger partial charge in [-0.2, -0.15) is 0 Å². The average molecular weight is 493 g/mol. The molecule has 0 aliphatic heterocycles. The van der Waals surface area contributed by atoms with Crippen molar-refractivity contribution in [2.45, 2.75) is 0 Å². The molecule has 1 aromatic heterocycles. The number of rotatable bonds is 2. The van der Waals surface area contributed by atoms with Gasteiger partial charge in [0, 0.05) is 21.9 Å². The summed E-state index contributed by atoms with van der Waals surface area (Å²) < 4.78 is 200. The Morgan fingerprint density at radius 1 is 0.432 bits per heavy atom. The van der Waals surface area contributed by atoms with E-state index in [1.165, 1.54) is 0 Å². The molecule has 0 saturated carbocycles. The largest absolute Gasteiger partial charge is 0.455 e. The molecule has 0 radical (unpaired) electrons. The predicted molar refractivity (Wildman–Crippen MR) is 157 cm³/mol. The van der Waals surface area contributed by atoms with Gasteiger partial charge in [-0.1, -0.05) is 121 Å². The summed E-state index contributed by atoms with van der Waals surface area (Å²) in [5.74, 6) is 0. The van der Waals surface area contributed by atoms with Crippen LogP contribution < -0.4 is 0 Å². The quantitative estimate of drug-likeness (QED) is 0.219. The predicted octanol–water partition coefficient (Wildman–Crippen LogP) is 10.4. The number of hydrogen-bond acceptors (Lipinski definition) is 1. The molecule has 7 aromatic carbocycles.